The van der Waals surface area contributed by atoms with E-state index in [4.69, 9.17) is 10.6 Å². The number of hydrazine groups is 1. The Balaban J connectivity index is 2.70. The molecule has 0 aliphatic rings. The molecule has 2 N–H and O–H groups in total. The smallest absolute Gasteiger partial charge is 0.429 e. The molecule has 1 aromatic rings. The maximum atomic E-state index is 11.5. The van der Waals surface area contributed by atoms with Crippen LogP contribution in [-0.4, -0.2) is 16.7 Å². The zero-order valence-electron chi connectivity index (χ0n) is 9.10. The highest BCUT2D eigenvalue weighted by Crippen LogP contribution is 2.13. The third-order valence-corrected chi connectivity index (χ3v) is 1.51. The Morgan fingerprint density at radius 2 is 2.20 bits per heavy atom. The number of ether oxygens (including phenoxy) is 1. The fraction of sp³-hybridized carbons (Fsp3) is 0.400. The van der Waals surface area contributed by atoms with Gasteiger partial charge in [-0.05, 0) is 32.9 Å². The molecule has 0 unspecified atom stereocenters. The van der Waals surface area contributed by atoms with Crippen LogP contribution in [0.15, 0.2) is 24.5 Å². The maximum Gasteiger partial charge on any atom is 0.429 e. The number of rotatable bonds is 1. The molecular formula is C10H15N3O2. The minimum Gasteiger partial charge on any atom is -0.442 e. The number of carbonyl (C=O) groups excluding carboxylic acids is 1. The molecule has 5 nitrogen and oxygen atoms in total. The Labute approximate surface area is 88.8 Å². The van der Waals surface area contributed by atoms with Gasteiger partial charge in [0.2, 0.25) is 0 Å². The van der Waals surface area contributed by atoms with Crippen LogP contribution in [0.4, 0.5) is 10.5 Å². The van der Waals surface area contributed by atoms with Crippen molar-refractivity contribution in [2.24, 2.45) is 5.84 Å². The molecule has 0 spiro atoms. The molecule has 0 aliphatic heterocycles. The lowest BCUT2D eigenvalue weighted by Crippen LogP contribution is -2.41. The van der Waals surface area contributed by atoms with Crippen molar-refractivity contribution < 1.29 is 9.53 Å². The van der Waals surface area contributed by atoms with Gasteiger partial charge in [-0.2, -0.15) is 0 Å². The van der Waals surface area contributed by atoms with E-state index in [2.05, 4.69) is 4.98 Å². The highest BCUT2D eigenvalue weighted by atomic mass is 16.6. The normalized spacial score (nSPS) is 10.9. The summed E-state index contributed by atoms with van der Waals surface area (Å²) in [6.07, 6.45) is 2.49. The van der Waals surface area contributed by atoms with Crippen LogP contribution in [0.5, 0.6) is 0 Å². The summed E-state index contributed by atoms with van der Waals surface area (Å²) in [7, 11) is 0. The van der Waals surface area contributed by atoms with Gasteiger partial charge >= 0.3 is 6.09 Å². The van der Waals surface area contributed by atoms with Gasteiger partial charge < -0.3 is 4.74 Å². The molecule has 0 fully saturated rings. The lowest BCUT2D eigenvalue weighted by atomic mass is 10.2. The first-order valence-corrected chi connectivity index (χ1v) is 4.58. The number of nitrogens with zero attached hydrogens (tertiary/aromatic N) is 2. The number of aromatic nitrogens is 1. The highest BCUT2D eigenvalue weighted by Gasteiger charge is 2.20. The lowest BCUT2D eigenvalue weighted by molar-refractivity contribution is 0.0580. The van der Waals surface area contributed by atoms with Crippen LogP contribution in [0.3, 0.4) is 0 Å². The number of anilines is 1. The van der Waals surface area contributed by atoms with E-state index in [1.807, 2.05) is 0 Å². The predicted molar refractivity (Wildman–Crippen MR) is 57.1 cm³/mol. The molecule has 1 aromatic heterocycles. The Hall–Kier alpha value is -1.62. The number of nitrogens with two attached hydrogens (primary N) is 1. The quantitative estimate of drug-likeness (QED) is 0.434. The van der Waals surface area contributed by atoms with Crippen molar-refractivity contribution in [3.05, 3.63) is 24.5 Å². The zero-order valence-corrected chi connectivity index (χ0v) is 9.10. The van der Waals surface area contributed by atoms with Gasteiger partial charge in [-0.3, -0.25) is 4.98 Å². The van der Waals surface area contributed by atoms with Gasteiger partial charge in [0.1, 0.15) is 5.60 Å². The molecule has 0 bridgehead atoms. The van der Waals surface area contributed by atoms with Crippen molar-refractivity contribution in [3.63, 3.8) is 0 Å². The molecule has 1 rings (SSSR count). The molecule has 15 heavy (non-hydrogen) atoms. The second kappa shape index (κ2) is 4.27. The Kier molecular flexibility index (Phi) is 3.26. The standard InChI is InChI=1S/C10H15N3O2/c1-10(2,3)15-9(14)13(11)8-5-4-6-12-7-8/h4-7H,11H2,1-3H3. The first-order chi connectivity index (χ1) is 6.90. The summed E-state index contributed by atoms with van der Waals surface area (Å²) in [4.78, 5) is 15.4. The van der Waals surface area contributed by atoms with Gasteiger partial charge in [0, 0.05) is 6.20 Å². The van der Waals surface area contributed by atoms with E-state index in [9.17, 15) is 4.79 Å². The number of carbonyl (C=O) groups is 1. The van der Waals surface area contributed by atoms with Crippen LogP contribution >= 0.6 is 0 Å². The van der Waals surface area contributed by atoms with Gasteiger partial charge in [0.05, 0.1) is 11.9 Å². The van der Waals surface area contributed by atoms with Gasteiger partial charge in [-0.1, -0.05) is 0 Å². The van der Waals surface area contributed by atoms with Crippen LogP contribution in [-0.2, 0) is 4.74 Å². The van der Waals surface area contributed by atoms with Crippen molar-refractivity contribution in [1.29, 1.82) is 0 Å². The molecule has 0 aromatic carbocycles. The molecule has 0 radical (unpaired) electrons. The minimum atomic E-state index is -0.601. The average Bonchev–Trinajstić information content (AvgIpc) is 2.15. The maximum absolute atomic E-state index is 11.5. The molecule has 0 atom stereocenters. The lowest BCUT2D eigenvalue weighted by Gasteiger charge is -2.23. The van der Waals surface area contributed by atoms with Crippen LogP contribution in [0.25, 0.3) is 0 Å². The predicted octanol–water partition coefficient (Wildman–Crippen LogP) is 1.70. The summed E-state index contributed by atoms with van der Waals surface area (Å²) in [5.74, 6) is 5.56. The Bertz CT molecular complexity index is 332. The summed E-state index contributed by atoms with van der Waals surface area (Å²) in [6, 6.07) is 3.37. The SMILES string of the molecule is CC(C)(C)OC(=O)N(N)c1cccnc1. The van der Waals surface area contributed by atoms with Crippen molar-refractivity contribution >= 4 is 11.8 Å². The molecule has 1 heterocycles. The summed E-state index contributed by atoms with van der Waals surface area (Å²) >= 11 is 0. The monoisotopic (exact) mass is 209 g/mol. The fourth-order valence-corrected chi connectivity index (χ4v) is 0.913. The minimum absolute atomic E-state index is 0.492. The number of amides is 1. The molecule has 1 amide bonds. The summed E-state index contributed by atoms with van der Waals surface area (Å²) in [5.41, 5.74) is -0.0663. The average molecular weight is 209 g/mol. The summed E-state index contributed by atoms with van der Waals surface area (Å²) in [6.45, 7) is 5.34. The molecular weight excluding hydrogens is 194 g/mol. The largest absolute Gasteiger partial charge is 0.442 e. The van der Waals surface area contributed by atoms with E-state index in [1.165, 1.54) is 6.20 Å². The highest BCUT2D eigenvalue weighted by molar-refractivity contribution is 5.86. The van der Waals surface area contributed by atoms with Gasteiger partial charge in [-0.15, -0.1) is 0 Å². The fourth-order valence-electron chi connectivity index (χ4n) is 0.913. The van der Waals surface area contributed by atoms with Crippen LogP contribution in [0.1, 0.15) is 20.8 Å². The Morgan fingerprint density at radius 1 is 1.53 bits per heavy atom. The van der Waals surface area contributed by atoms with Crippen molar-refractivity contribution in [3.8, 4) is 0 Å². The van der Waals surface area contributed by atoms with Gasteiger partial charge in [-0.25, -0.2) is 15.6 Å². The van der Waals surface area contributed by atoms with Crippen LogP contribution < -0.4 is 10.9 Å². The first-order valence-electron chi connectivity index (χ1n) is 4.58. The van der Waals surface area contributed by atoms with Crippen molar-refractivity contribution in [2.75, 3.05) is 5.01 Å². The van der Waals surface area contributed by atoms with Gasteiger partial charge in [0.15, 0.2) is 0 Å². The Morgan fingerprint density at radius 3 is 2.67 bits per heavy atom. The van der Waals surface area contributed by atoms with Crippen LogP contribution in [0.2, 0.25) is 0 Å². The van der Waals surface area contributed by atoms with Crippen molar-refractivity contribution in [1.82, 2.24) is 4.98 Å². The number of hydrogen-bond acceptors (Lipinski definition) is 4. The summed E-state index contributed by atoms with van der Waals surface area (Å²) < 4.78 is 5.09. The second-order valence-electron chi connectivity index (χ2n) is 4.06. The number of pyridine rings is 1. The number of hydrogen-bond donors (Lipinski definition) is 1. The molecule has 0 saturated heterocycles. The van der Waals surface area contributed by atoms with E-state index in [1.54, 1.807) is 39.1 Å². The van der Waals surface area contributed by atoms with Crippen molar-refractivity contribution in [2.45, 2.75) is 26.4 Å². The molecule has 5 heteroatoms. The van der Waals surface area contributed by atoms with E-state index >= 15 is 0 Å². The topological polar surface area (TPSA) is 68.5 Å². The van der Waals surface area contributed by atoms with E-state index in [0.717, 1.165) is 5.01 Å². The third-order valence-electron chi connectivity index (χ3n) is 1.51. The zero-order chi connectivity index (χ0) is 11.5. The third kappa shape index (κ3) is 3.55. The second-order valence-corrected chi connectivity index (χ2v) is 4.06. The molecule has 0 saturated carbocycles. The van der Waals surface area contributed by atoms with E-state index in [-0.39, 0.29) is 0 Å². The molecule has 0 aliphatic carbocycles. The van der Waals surface area contributed by atoms with Crippen LogP contribution in [0, 0.1) is 0 Å². The summed E-state index contributed by atoms with van der Waals surface area (Å²) in [5, 5.41) is 0.929. The van der Waals surface area contributed by atoms with E-state index in [0.29, 0.717) is 5.69 Å². The molecule has 82 valence electrons. The van der Waals surface area contributed by atoms with Gasteiger partial charge in [0.25, 0.3) is 0 Å². The first kappa shape index (κ1) is 11.5. The van der Waals surface area contributed by atoms with E-state index < -0.39 is 11.7 Å².